The van der Waals surface area contributed by atoms with Gasteiger partial charge in [-0.25, -0.2) is 0 Å². The van der Waals surface area contributed by atoms with Crippen LogP contribution < -0.4 is 14.4 Å². The van der Waals surface area contributed by atoms with Crippen LogP contribution in [0.25, 0.3) is 5.76 Å². The number of aliphatic hydroxyl groups excluding tert-OH is 1. The largest absolute Gasteiger partial charge is 0.507 e. The second-order valence-corrected chi connectivity index (χ2v) is 9.22. The number of alkyl halides is 3. The smallest absolute Gasteiger partial charge is 0.416 e. The van der Waals surface area contributed by atoms with Crippen molar-refractivity contribution in [1.82, 2.24) is 0 Å². The van der Waals surface area contributed by atoms with Gasteiger partial charge in [0.2, 0.25) is 0 Å². The van der Waals surface area contributed by atoms with Crippen LogP contribution in [0.15, 0.2) is 78.4 Å². The summed E-state index contributed by atoms with van der Waals surface area (Å²) in [6, 6.07) is 15.8. The van der Waals surface area contributed by atoms with Crippen molar-refractivity contribution in [3.05, 3.63) is 95.1 Å². The third-order valence-corrected chi connectivity index (χ3v) is 6.04. The number of rotatable bonds is 7. The summed E-state index contributed by atoms with van der Waals surface area (Å²) in [7, 11) is 1.45. The minimum Gasteiger partial charge on any atom is -0.507 e. The molecule has 1 amide bonds. The number of halogens is 3. The van der Waals surface area contributed by atoms with Gasteiger partial charge in [0.25, 0.3) is 11.7 Å². The molecule has 1 aliphatic heterocycles. The number of methoxy groups -OCH3 is 1. The first-order valence-corrected chi connectivity index (χ1v) is 11.9. The van der Waals surface area contributed by atoms with Gasteiger partial charge in [0, 0.05) is 11.3 Å². The fourth-order valence-electron chi connectivity index (χ4n) is 4.16. The maximum Gasteiger partial charge on any atom is 0.416 e. The number of Topliss-reactive ketones (excluding diaryl/α,β-unsaturated/α-hetero) is 1. The molecule has 4 rings (SSSR count). The van der Waals surface area contributed by atoms with Gasteiger partial charge in [-0.1, -0.05) is 26.0 Å². The Morgan fingerprint density at radius 3 is 2.21 bits per heavy atom. The summed E-state index contributed by atoms with van der Waals surface area (Å²) in [5.41, 5.74) is -0.305. The summed E-state index contributed by atoms with van der Waals surface area (Å²) in [5.74, 6) is -1.03. The molecule has 1 N–H and O–H groups in total. The number of ketones is 1. The molecule has 0 aliphatic carbocycles. The van der Waals surface area contributed by atoms with Gasteiger partial charge in [-0.2, -0.15) is 13.2 Å². The second-order valence-electron chi connectivity index (χ2n) is 9.22. The number of hydrogen-bond donors (Lipinski definition) is 1. The van der Waals surface area contributed by atoms with E-state index in [1.165, 1.54) is 7.11 Å². The van der Waals surface area contributed by atoms with Crippen LogP contribution in [-0.2, 0) is 15.8 Å². The Morgan fingerprint density at radius 2 is 1.63 bits per heavy atom. The zero-order valence-electron chi connectivity index (χ0n) is 21.0. The molecule has 1 unspecified atom stereocenters. The molecule has 38 heavy (non-hydrogen) atoms. The van der Waals surface area contributed by atoms with E-state index < -0.39 is 35.2 Å². The number of amides is 1. The number of nitrogens with zero attached hydrogens (tertiary/aromatic N) is 1. The standard InChI is InChI=1S/C29H26F3NO5/c1-17(2)16-38-22-13-7-18(8-14-22)26(34)24-25(19-5-4-6-23(15-19)37-3)33(28(36)27(24)35)21-11-9-20(10-12-21)29(30,31)32/h4-15,17,25,34H,16H2,1-3H3/b26-24+. The third kappa shape index (κ3) is 5.37. The predicted molar refractivity (Wildman–Crippen MR) is 136 cm³/mol. The Bertz CT molecular complexity index is 1360. The Labute approximate surface area is 217 Å². The van der Waals surface area contributed by atoms with E-state index in [0.29, 0.717) is 29.6 Å². The van der Waals surface area contributed by atoms with Crippen LogP contribution in [0.5, 0.6) is 11.5 Å². The minimum absolute atomic E-state index is 0.0735. The summed E-state index contributed by atoms with van der Waals surface area (Å²) in [6.07, 6.45) is -4.57. The first-order valence-electron chi connectivity index (χ1n) is 11.9. The number of anilines is 1. The monoisotopic (exact) mass is 525 g/mol. The molecule has 1 aliphatic rings. The van der Waals surface area contributed by atoms with Crippen molar-refractivity contribution < 1.29 is 37.3 Å². The quantitative estimate of drug-likeness (QED) is 0.220. The summed E-state index contributed by atoms with van der Waals surface area (Å²) in [5, 5.41) is 11.3. The molecule has 0 saturated carbocycles. The van der Waals surface area contributed by atoms with Gasteiger partial charge in [0.05, 0.1) is 30.9 Å². The Morgan fingerprint density at radius 1 is 0.974 bits per heavy atom. The molecule has 1 atom stereocenters. The molecule has 0 bridgehead atoms. The average molecular weight is 526 g/mol. The van der Waals surface area contributed by atoms with Crippen LogP contribution >= 0.6 is 0 Å². The molecular weight excluding hydrogens is 499 g/mol. The number of benzene rings is 3. The molecule has 3 aromatic carbocycles. The normalized spacial score (nSPS) is 17.2. The second kappa shape index (κ2) is 10.6. The molecular formula is C29H26F3NO5. The van der Waals surface area contributed by atoms with Crippen LogP contribution in [0, 0.1) is 5.92 Å². The van der Waals surface area contributed by atoms with Crippen LogP contribution in [-0.4, -0.2) is 30.5 Å². The van der Waals surface area contributed by atoms with Crippen molar-refractivity contribution in [1.29, 1.82) is 0 Å². The van der Waals surface area contributed by atoms with Crippen molar-refractivity contribution in [3.63, 3.8) is 0 Å². The molecule has 1 fully saturated rings. The van der Waals surface area contributed by atoms with E-state index in [2.05, 4.69) is 0 Å². The zero-order chi connectivity index (χ0) is 27.6. The predicted octanol–water partition coefficient (Wildman–Crippen LogP) is 6.38. The lowest BCUT2D eigenvalue weighted by atomic mass is 9.95. The van der Waals surface area contributed by atoms with Crippen molar-refractivity contribution in [2.75, 3.05) is 18.6 Å². The summed E-state index contributed by atoms with van der Waals surface area (Å²) in [6.45, 7) is 4.52. The number of ether oxygens (including phenoxy) is 2. The lowest BCUT2D eigenvalue weighted by Crippen LogP contribution is -2.29. The molecule has 9 heteroatoms. The Balaban J connectivity index is 1.82. The topological polar surface area (TPSA) is 76.1 Å². The van der Waals surface area contributed by atoms with Crippen LogP contribution in [0.2, 0.25) is 0 Å². The number of aliphatic hydroxyl groups is 1. The van der Waals surface area contributed by atoms with Gasteiger partial charge in [-0.3, -0.25) is 14.5 Å². The van der Waals surface area contributed by atoms with Gasteiger partial charge in [0.15, 0.2) is 0 Å². The maximum atomic E-state index is 13.3. The Kier molecular flexibility index (Phi) is 7.48. The fraction of sp³-hybridized carbons (Fsp3) is 0.241. The minimum atomic E-state index is -4.57. The highest BCUT2D eigenvalue weighted by Gasteiger charge is 2.47. The van der Waals surface area contributed by atoms with E-state index in [1.807, 2.05) is 13.8 Å². The summed E-state index contributed by atoms with van der Waals surface area (Å²) >= 11 is 0. The molecule has 1 heterocycles. The lowest BCUT2D eigenvalue weighted by Gasteiger charge is -2.26. The molecule has 0 radical (unpaired) electrons. The van der Waals surface area contributed by atoms with E-state index in [4.69, 9.17) is 9.47 Å². The first-order chi connectivity index (χ1) is 18.0. The van der Waals surface area contributed by atoms with E-state index in [9.17, 15) is 27.9 Å². The van der Waals surface area contributed by atoms with Gasteiger partial charge in [-0.15, -0.1) is 0 Å². The van der Waals surface area contributed by atoms with Gasteiger partial charge >= 0.3 is 6.18 Å². The highest BCUT2D eigenvalue weighted by atomic mass is 19.4. The van der Waals surface area contributed by atoms with Crippen LogP contribution in [0.4, 0.5) is 18.9 Å². The van der Waals surface area contributed by atoms with Crippen molar-refractivity contribution >= 4 is 23.1 Å². The van der Waals surface area contributed by atoms with E-state index in [-0.39, 0.29) is 16.8 Å². The first kappa shape index (κ1) is 26.8. The van der Waals surface area contributed by atoms with Gasteiger partial charge in [-0.05, 0) is 72.1 Å². The number of carbonyl (C=O) groups is 2. The number of hydrogen-bond acceptors (Lipinski definition) is 5. The SMILES string of the molecule is COc1cccc(C2/C(=C(\O)c3ccc(OCC(C)C)cc3)C(=O)C(=O)N2c2ccc(C(F)(F)F)cc2)c1. The molecule has 1 saturated heterocycles. The summed E-state index contributed by atoms with van der Waals surface area (Å²) in [4.78, 5) is 27.6. The van der Waals surface area contributed by atoms with E-state index in [0.717, 1.165) is 29.2 Å². The van der Waals surface area contributed by atoms with Crippen LogP contribution in [0.3, 0.4) is 0 Å². The van der Waals surface area contributed by atoms with Crippen molar-refractivity contribution in [2.24, 2.45) is 5.92 Å². The molecule has 0 aromatic heterocycles. The average Bonchev–Trinajstić information content (AvgIpc) is 3.17. The van der Waals surface area contributed by atoms with Gasteiger partial charge in [0.1, 0.15) is 17.3 Å². The van der Waals surface area contributed by atoms with Crippen molar-refractivity contribution in [2.45, 2.75) is 26.1 Å². The Hall–Kier alpha value is -4.27. The summed E-state index contributed by atoms with van der Waals surface area (Å²) < 4.78 is 50.4. The third-order valence-electron chi connectivity index (χ3n) is 6.04. The van der Waals surface area contributed by atoms with E-state index in [1.54, 1.807) is 48.5 Å². The maximum absolute atomic E-state index is 13.3. The van der Waals surface area contributed by atoms with Gasteiger partial charge < -0.3 is 14.6 Å². The van der Waals surface area contributed by atoms with Crippen LogP contribution in [0.1, 0.15) is 36.6 Å². The zero-order valence-corrected chi connectivity index (χ0v) is 21.0. The molecule has 0 spiro atoms. The fourth-order valence-corrected chi connectivity index (χ4v) is 4.16. The van der Waals surface area contributed by atoms with E-state index >= 15 is 0 Å². The highest BCUT2D eigenvalue weighted by Crippen LogP contribution is 2.43. The number of carbonyl (C=O) groups excluding carboxylic acids is 2. The molecule has 3 aromatic rings. The molecule has 6 nitrogen and oxygen atoms in total. The lowest BCUT2D eigenvalue weighted by molar-refractivity contribution is -0.137. The highest BCUT2D eigenvalue weighted by molar-refractivity contribution is 6.51. The molecule has 198 valence electrons. The van der Waals surface area contributed by atoms with Crippen molar-refractivity contribution in [3.8, 4) is 11.5 Å².